The maximum absolute atomic E-state index is 6.61. The summed E-state index contributed by atoms with van der Waals surface area (Å²) in [5.74, 6) is 0. The van der Waals surface area contributed by atoms with Crippen molar-refractivity contribution in [2.75, 3.05) is 4.90 Å². The summed E-state index contributed by atoms with van der Waals surface area (Å²) >= 11 is 0. The molecule has 276 valence electrons. The van der Waals surface area contributed by atoms with Gasteiger partial charge in [0.1, 0.15) is 11.2 Å². The first kappa shape index (κ1) is 33.2. The minimum Gasteiger partial charge on any atom is -0.455 e. The lowest BCUT2D eigenvalue weighted by atomic mass is 9.82. The van der Waals surface area contributed by atoms with Crippen molar-refractivity contribution in [3.63, 3.8) is 0 Å². The molecule has 0 atom stereocenters. The molecule has 12 rings (SSSR count). The molecule has 0 saturated carbocycles. The van der Waals surface area contributed by atoms with E-state index in [4.69, 9.17) is 9.40 Å². The molecule has 2 aromatic heterocycles. The molecule has 0 spiro atoms. The van der Waals surface area contributed by atoms with Crippen LogP contribution in [-0.4, -0.2) is 4.98 Å². The van der Waals surface area contributed by atoms with Crippen LogP contribution in [0.2, 0.25) is 0 Å². The Balaban J connectivity index is 1.04. The second-order valence-electron chi connectivity index (χ2n) is 17.1. The van der Waals surface area contributed by atoms with Crippen molar-refractivity contribution in [3.05, 3.63) is 192 Å². The highest BCUT2D eigenvalue weighted by molar-refractivity contribution is 6.24. The van der Waals surface area contributed by atoms with Gasteiger partial charge in [0.15, 0.2) is 0 Å². The Morgan fingerprint density at radius 2 is 0.948 bits per heavy atom. The van der Waals surface area contributed by atoms with Crippen LogP contribution in [0.3, 0.4) is 0 Å². The number of fused-ring (bicyclic) bond motifs is 13. The average Bonchev–Trinajstić information content (AvgIpc) is 3.83. The number of hydrogen-bond donors (Lipinski definition) is 0. The first-order valence-corrected chi connectivity index (χ1v) is 20.3. The largest absolute Gasteiger partial charge is 0.455 e. The molecule has 8 aromatic carbocycles. The fraction of sp³-hybridized carbons (Fsp3) is 0.109. The Morgan fingerprint density at radius 1 is 0.431 bits per heavy atom. The lowest BCUT2D eigenvalue weighted by molar-refractivity contribution is 0.660. The number of nitrogens with zero attached hydrogens (tertiary/aromatic N) is 2. The Labute approximate surface area is 337 Å². The van der Waals surface area contributed by atoms with Gasteiger partial charge >= 0.3 is 0 Å². The highest BCUT2D eigenvalue weighted by Crippen LogP contribution is 2.53. The Kier molecular flexibility index (Phi) is 6.74. The zero-order valence-corrected chi connectivity index (χ0v) is 33.0. The van der Waals surface area contributed by atoms with Crippen LogP contribution in [0.15, 0.2) is 174 Å². The summed E-state index contributed by atoms with van der Waals surface area (Å²) in [4.78, 5) is 7.76. The zero-order chi connectivity index (χ0) is 38.9. The van der Waals surface area contributed by atoms with Gasteiger partial charge in [0.25, 0.3) is 0 Å². The first-order chi connectivity index (χ1) is 28.3. The van der Waals surface area contributed by atoms with E-state index in [1.165, 1.54) is 44.5 Å². The van der Waals surface area contributed by atoms with Gasteiger partial charge in [-0.05, 0) is 99.1 Å². The van der Waals surface area contributed by atoms with Crippen molar-refractivity contribution >= 4 is 60.7 Å². The average molecular weight is 745 g/mol. The van der Waals surface area contributed by atoms with Crippen LogP contribution in [0.5, 0.6) is 0 Å². The van der Waals surface area contributed by atoms with E-state index in [-0.39, 0.29) is 10.8 Å². The van der Waals surface area contributed by atoms with Gasteiger partial charge in [0.05, 0.1) is 11.2 Å². The second-order valence-corrected chi connectivity index (χ2v) is 17.1. The molecule has 0 amide bonds. The van der Waals surface area contributed by atoms with E-state index >= 15 is 0 Å². The fourth-order valence-electron chi connectivity index (χ4n) is 10.3. The molecule has 10 aromatic rings. The number of hydrogen-bond acceptors (Lipinski definition) is 3. The quantitative estimate of drug-likeness (QED) is 0.168. The molecule has 2 heterocycles. The van der Waals surface area contributed by atoms with Gasteiger partial charge in [-0.25, -0.2) is 4.98 Å². The van der Waals surface area contributed by atoms with Gasteiger partial charge in [-0.2, -0.15) is 0 Å². The van der Waals surface area contributed by atoms with Gasteiger partial charge in [-0.1, -0.05) is 143 Å². The molecule has 0 radical (unpaired) electrons. The third-order valence-electron chi connectivity index (χ3n) is 13.3. The molecule has 2 aliphatic carbocycles. The SMILES string of the molecule is CC1(C)c2ccccc2-c2ccc(N(c3ccc(-c4nc5ccccc5c5c4ccc4c6ccccc6oc45)cc3)c3ccc4c(c3)C(C)(C)c3ccccc3-4)cc21. The number of pyridine rings is 1. The third-order valence-corrected chi connectivity index (χ3v) is 13.3. The van der Waals surface area contributed by atoms with E-state index in [0.717, 1.165) is 71.9 Å². The monoisotopic (exact) mass is 744 g/mol. The van der Waals surface area contributed by atoms with Gasteiger partial charge in [-0.3, -0.25) is 0 Å². The molecule has 0 aliphatic heterocycles. The number of furan rings is 1. The summed E-state index contributed by atoms with van der Waals surface area (Å²) in [5.41, 5.74) is 18.7. The van der Waals surface area contributed by atoms with E-state index in [2.05, 4.69) is 196 Å². The van der Waals surface area contributed by atoms with Crippen LogP contribution in [0.4, 0.5) is 17.1 Å². The molecule has 58 heavy (non-hydrogen) atoms. The normalized spacial score (nSPS) is 14.5. The van der Waals surface area contributed by atoms with Crippen LogP contribution in [0.1, 0.15) is 49.9 Å². The van der Waals surface area contributed by atoms with Gasteiger partial charge in [-0.15, -0.1) is 0 Å². The third kappa shape index (κ3) is 4.53. The summed E-state index contributed by atoms with van der Waals surface area (Å²) in [5, 5.41) is 5.53. The molecule has 0 bridgehead atoms. The standard InChI is InChI=1S/C55H40N2O/c1-54(2)45-17-9-5-13-37(45)39-27-25-35(31-47(39)54)57(36-26-28-40-38-14-6-10-18-46(38)55(3,4)48(40)32-36)34-23-21-33(22-24-34)52-44-30-29-42-41-15-8-12-20-50(41)58-53(42)51(44)43-16-7-11-19-49(43)56-52/h5-32H,1-4H3. The van der Waals surface area contributed by atoms with Crippen LogP contribution >= 0.6 is 0 Å². The smallest absolute Gasteiger partial charge is 0.144 e. The lowest BCUT2D eigenvalue weighted by Crippen LogP contribution is -2.18. The number of anilines is 3. The fourth-order valence-corrected chi connectivity index (χ4v) is 10.3. The summed E-state index contributed by atoms with van der Waals surface area (Å²) < 4.78 is 6.61. The van der Waals surface area contributed by atoms with E-state index in [1.807, 2.05) is 6.07 Å². The van der Waals surface area contributed by atoms with Gasteiger partial charge < -0.3 is 9.32 Å². The highest BCUT2D eigenvalue weighted by atomic mass is 16.3. The van der Waals surface area contributed by atoms with Crippen molar-refractivity contribution in [3.8, 4) is 33.5 Å². The highest BCUT2D eigenvalue weighted by Gasteiger charge is 2.37. The molecule has 3 heteroatoms. The van der Waals surface area contributed by atoms with Crippen molar-refractivity contribution in [2.24, 2.45) is 0 Å². The van der Waals surface area contributed by atoms with Crippen LogP contribution in [0, 0.1) is 0 Å². The molecule has 0 N–H and O–H groups in total. The molecular weight excluding hydrogens is 705 g/mol. The summed E-state index contributed by atoms with van der Waals surface area (Å²) in [7, 11) is 0. The van der Waals surface area contributed by atoms with Gasteiger partial charge in [0.2, 0.25) is 0 Å². The minimum absolute atomic E-state index is 0.118. The lowest BCUT2D eigenvalue weighted by Gasteiger charge is -2.30. The van der Waals surface area contributed by atoms with Crippen LogP contribution in [-0.2, 0) is 10.8 Å². The number of benzene rings is 8. The van der Waals surface area contributed by atoms with Crippen molar-refractivity contribution in [1.29, 1.82) is 0 Å². The molecule has 0 unspecified atom stereocenters. The summed E-state index contributed by atoms with van der Waals surface area (Å²) in [6.07, 6.45) is 0. The Hall–Kier alpha value is -6.97. The number of para-hydroxylation sites is 2. The van der Waals surface area contributed by atoms with E-state index in [9.17, 15) is 0 Å². The first-order valence-electron chi connectivity index (χ1n) is 20.3. The predicted molar refractivity (Wildman–Crippen MR) is 242 cm³/mol. The molecule has 0 fully saturated rings. The van der Waals surface area contributed by atoms with E-state index in [1.54, 1.807) is 0 Å². The zero-order valence-electron chi connectivity index (χ0n) is 33.0. The van der Waals surface area contributed by atoms with Crippen molar-refractivity contribution < 1.29 is 4.42 Å². The maximum atomic E-state index is 6.61. The topological polar surface area (TPSA) is 29.3 Å². The Bertz CT molecular complexity index is 3240. The Morgan fingerprint density at radius 3 is 1.60 bits per heavy atom. The molecule has 0 saturated heterocycles. The van der Waals surface area contributed by atoms with Crippen molar-refractivity contribution in [1.82, 2.24) is 4.98 Å². The molecule has 3 nitrogen and oxygen atoms in total. The maximum Gasteiger partial charge on any atom is 0.144 e. The molecule has 2 aliphatic rings. The van der Waals surface area contributed by atoms with Crippen LogP contribution < -0.4 is 4.90 Å². The van der Waals surface area contributed by atoms with Crippen molar-refractivity contribution in [2.45, 2.75) is 38.5 Å². The summed E-state index contributed by atoms with van der Waals surface area (Å²) in [6, 6.07) is 62.0. The number of aromatic nitrogens is 1. The van der Waals surface area contributed by atoms with E-state index in [0.29, 0.717) is 0 Å². The molecular formula is C55H40N2O. The van der Waals surface area contributed by atoms with E-state index < -0.39 is 0 Å². The minimum atomic E-state index is -0.118. The van der Waals surface area contributed by atoms with Crippen LogP contribution in [0.25, 0.3) is 77.1 Å². The predicted octanol–water partition coefficient (Wildman–Crippen LogP) is 15.0. The second kappa shape index (κ2) is 11.8. The van der Waals surface area contributed by atoms with Gasteiger partial charge in [0, 0.05) is 60.4 Å². The number of rotatable bonds is 4. The summed E-state index contributed by atoms with van der Waals surface area (Å²) in [6.45, 7) is 9.43.